The molecule has 0 heterocycles. The van der Waals surface area contributed by atoms with Crippen molar-refractivity contribution >= 4 is 40.9 Å². The fraction of sp³-hybridized carbons (Fsp3) is 0.118. The number of rotatable bonds is 5. The van der Waals surface area contributed by atoms with E-state index < -0.39 is 11.8 Å². The average Bonchev–Trinajstić information content (AvgIpc) is 2.60. The molecule has 0 radical (unpaired) electrons. The summed E-state index contributed by atoms with van der Waals surface area (Å²) in [6.45, 7) is 0.100. The minimum absolute atomic E-state index is 0.00792. The highest BCUT2D eigenvalue weighted by Crippen LogP contribution is 2.14. The fourth-order valence-corrected chi connectivity index (χ4v) is 2.33. The molecule has 0 fully saturated rings. The van der Waals surface area contributed by atoms with Crippen LogP contribution < -0.4 is 16.2 Å². The van der Waals surface area contributed by atoms with E-state index in [9.17, 15) is 14.4 Å². The molecule has 6 nitrogen and oxygen atoms in total. The molecule has 0 aliphatic rings. The number of nitrogens with one attached hydrogen (secondary N) is 3. The number of hydrazine groups is 1. The Morgan fingerprint density at radius 2 is 1.64 bits per heavy atom. The van der Waals surface area contributed by atoms with E-state index in [2.05, 4.69) is 16.2 Å². The van der Waals surface area contributed by atoms with Crippen molar-refractivity contribution in [3.8, 4) is 0 Å². The summed E-state index contributed by atoms with van der Waals surface area (Å²) in [4.78, 5) is 35.5. The van der Waals surface area contributed by atoms with Crippen LogP contribution in [0.4, 0.5) is 0 Å². The molecule has 130 valence electrons. The predicted molar refractivity (Wildman–Crippen MR) is 95.5 cm³/mol. The minimum Gasteiger partial charge on any atom is -0.351 e. The second-order valence-corrected chi connectivity index (χ2v) is 5.84. The first-order valence-corrected chi connectivity index (χ1v) is 8.10. The van der Waals surface area contributed by atoms with E-state index in [-0.39, 0.29) is 18.9 Å². The summed E-state index contributed by atoms with van der Waals surface area (Å²) in [5.74, 6) is -1.31. The van der Waals surface area contributed by atoms with Crippen molar-refractivity contribution in [1.82, 2.24) is 16.2 Å². The molecule has 0 spiro atoms. The Bertz CT molecular complexity index is 796. The van der Waals surface area contributed by atoms with Gasteiger partial charge < -0.3 is 5.32 Å². The van der Waals surface area contributed by atoms with Gasteiger partial charge in [-0.3, -0.25) is 25.2 Å². The van der Waals surface area contributed by atoms with Crippen molar-refractivity contribution in [3.63, 3.8) is 0 Å². The Kier molecular flexibility index (Phi) is 6.80. The van der Waals surface area contributed by atoms with Gasteiger partial charge in [0.15, 0.2) is 0 Å². The molecule has 2 rings (SSSR count). The van der Waals surface area contributed by atoms with E-state index in [1.165, 1.54) is 6.07 Å². The monoisotopic (exact) mass is 379 g/mol. The molecule has 2 aromatic carbocycles. The summed E-state index contributed by atoms with van der Waals surface area (Å²) >= 11 is 11.7. The Morgan fingerprint density at radius 1 is 0.880 bits per heavy atom. The smallest absolute Gasteiger partial charge is 0.269 e. The third-order valence-electron chi connectivity index (χ3n) is 3.16. The summed E-state index contributed by atoms with van der Waals surface area (Å²) in [6, 6.07) is 12.9. The average molecular weight is 380 g/mol. The van der Waals surface area contributed by atoms with Crippen molar-refractivity contribution in [2.45, 2.75) is 6.42 Å². The number of amides is 3. The molecule has 25 heavy (non-hydrogen) atoms. The lowest BCUT2D eigenvalue weighted by Crippen LogP contribution is -2.42. The molecule has 3 amide bonds. The molecule has 0 unspecified atom stereocenters. The van der Waals surface area contributed by atoms with Crippen molar-refractivity contribution in [2.75, 3.05) is 6.54 Å². The second kappa shape index (κ2) is 9.05. The largest absolute Gasteiger partial charge is 0.351 e. The SMILES string of the molecule is O=C(CCNC(=O)c1ccccc1Cl)NNC(=O)c1cccc(Cl)c1. The van der Waals surface area contributed by atoms with Crippen molar-refractivity contribution in [1.29, 1.82) is 0 Å². The van der Waals surface area contributed by atoms with Gasteiger partial charge in [-0.05, 0) is 30.3 Å². The quantitative estimate of drug-likeness (QED) is 0.697. The van der Waals surface area contributed by atoms with E-state index in [1.54, 1.807) is 42.5 Å². The molecule has 8 heteroatoms. The lowest BCUT2D eigenvalue weighted by Gasteiger charge is -2.09. The van der Waals surface area contributed by atoms with Gasteiger partial charge in [-0.25, -0.2) is 0 Å². The maximum atomic E-state index is 11.9. The van der Waals surface area contributed by atoms with Gasteiger partial charge in [0.1, 0.15) is 0 Å². The predicted octanol–water partition coefficient (Wildman–Crippen LogP) is 2.57. The molecular formula is C17H15Cl2N3O3. The first-order chi connectivity index (χ1) is 12.0. The maximum Gasteiger partial charge on any atom is 0.269 e. The van der Waals surface area contributed by atoms with Gasteiger partial charge in [-0.1, -0.05) is 41.4 Å². The molecule has 0 aliphatic heterocycles. The summed E-state index contributed by atoms with van der Waals surface area (Å²) in [5, 5.41) is 3.33. The lowest BCUT2D eigenvalue weighted by molar-refractivity contribution is -0.121. The van der Waals surface area contributed by atoms with Crippen LogP contribution in [0.15, 0.2) is 48.5 Å². The van der Waals surface area contributed by atoms with Crippen molar-refractivity contribution in [2.24, 2.45) is 0 Å². The molecule has 0 saturated heterocycles. The number of benzene rings is 2. The normalized spacial score (nSPS) is 10.0. The zero-order valence-corrected chi connectivity index (χ0v) is 14.5. The fourth-order valence-electron chi connectivity index (χ4n) is 1.92. The van der Waals surface area contributed by atoms with Gasteiger partial charge in [-0.15, -0.1) is 0 Å². The van der Waals surface area contributed by atoms with E-state index in [4.69, 9.17) is 23.2 Å². The van der Waals surface area contributed by atoms with Gasteiger partial charge in [0.2, 0.25) is 5.91 Å². The van der Waals surface area contributed by atoms with Gasteiger partial charge in [0.25, 0.3) is 11.8 Å². The molecule has 3 N–H and O–H groups in total. The molecule has 0 aromatic heterocycles. The molecule has 0 aliphatic carbocycles. The lowest BCUT2D eigenvalue weighted by atomic mass is 10.2. The van der Waals surface area contributed by atoms with Crippen LogP contribution in [-0.4, -0.2) is 24.3 Å². The highest BCUT2D eigenvalue weighted by molar-refractivity contribution is 6.33. The molecule has 0 atom stereocenters. The molecule has 0 saturated carbocycles. The summed E-state index contributed by atoms with van der Waals surface area (Å²) in [6.07, 6.45) is -0.00792. The topological polar surface area (TPSA) is 87.3 Å². The van der Waals surface area contributed by atoms with Crippen molar-refractivity contribution in [3.05, 3.63) is 69.7 Å². The van der Waals surface area contributed by atoms with E-state index >= 15 is 0 Å². The zero-order valence-electron chi connectivity index (χ0n) is 13.0. The summed E-state index contributed by atoms with van der Waals surface area (Å²) in [5.41, 5.74) is 5.19. The standard InChI is InChI=1S/C17H15Cl2N3O3/c18-12-5-3-4-11(10-12)16(24)22-21-15(23)8-9-20-17(25)13-6-1-2-7-14(13)19/h1-7,10H,8-9H2,(H,20,25)(H,21,23)(H,22,24). The Labute approximate surface area is 154 Å². The van der Waals surface area contributed by atoms with E-state index in [1.807, 2.05) is 0 Å². The van der Waals surface area contributed by atoms with Gasteiger partial charge in [0.05, 0.1) is 10.6 Å². The minimum atomic E-state index is -0.490. The van der Waals surface area contributed by atoms with Crippen LogP contribution in [0.5, 0.6) is 0 Å². The van der Waals surface area contributed by atoms with Crippen molar-refractivity contribution < 1.29 is 14.4 Å². The Morgan fingerprint density at radius 3 is 2.36 bits per heavy atom. The summed E-state index contributed by atoms with van der Waals surface area (Å²) in [7, 11) is 0. The Balaban J connectivity index is 1.73. The summed E-state index contributed by atoms with van der Waals surface area (Å²) < 4.78 is 0. The zero-order chi connectivity index (χ0) is 18.2. The number of halogens is 2. The Hall–Kier alpha value is -2.57. The molecule has 2 aromatic rings. The first kappa shape index (κ1) is 18.8. The van der Waals surface area contributed by atoms with Crippen LogP contribution in [0.1, 0.15) is 27.1 Å². The molecular weight excluding hydrogens is 365 g/mol. The third kappa shape index (κ3) is 5.77. The van der Waals surface area contributed by atoms with Gasteiger partial charge >= 0.3 is 0 Å². The third-order valence-corrected chi connectivity index (χ3v) is 3.72. The van der Waals surface area contributed by atoms with Crippen LogP contribution >= 0.6 is 23.2 Å². The van der Waals surface area contributed by atoms with Crippen LogP contribution in [0.25, 0.3) is 0 Å². The van der Waals surface area contributed by atoms with Gasteiger partial charge in [0, 0.05) is 23.6 Å². The number of hydrogen-bond donors (Lipinski definition) is 3. The van der Waals surface area contributed by atoms with E-state index in [0.717, 1.165) is 0 Å². The number of carbonyl (C=O) groups excluding carboxylic acids is 3. The van der Waals surface area contributed by atoms with Crippen LogP contribution in [0.2, 0.25) is 10.0 Å². The maximum absolute atomic E-state index is 11.9. The van der Waals surface area contributed by atoms with Crippen LogP contribution in [0.3, 0.4) is 0 Å². The number of hydrogen-bond acceptors (Lipinski definition) is 3. The van der Waals surface area contributed by atoms with Crippen LogP contribution in [-0.2, 0) is 4.79 Å². The van der Waals surface area contributed by atoms with Crippen LogP contribution in [0, 0.1) is 0 Å². The van der Waals surface area contributed by atoms with Gasteiger partial charge in [-0.2, -0.15) is 0 Å². The van der Waals surface area contributed by atoms with E-state index in [0.29, 0.717) is 21.2 Å². The number of carbonyl (C=O) groups is 3. The second-order valence-electron chi connectivity index (χ2n) is 5.00. The molecule has 0 bridgehead atoms. The highest BCUT2D eigenvalue weighted by atomic mass is 35.5. The first-order valence-electron chi connectivity index (χ1n) is 7.35. The highest BCUT2D eigenvalue weighted by Gasteiger charge is 2.11.